The van der Waals surface area contributed by atoms with E-state index in [1.807, 2.05) is 24.3 Å². The van der Waals surface area contributed by atoms with Crippen LogP contribution in [0.1, 0.15) is 38.7 Å². The first-order valence-electron chi connectivity index (χ1n) is 8.93. The van der Waals surface area contributed by atoms with Gasteiger partial charge in [-0.05, 0) is 23.3 Å². The number of aliphatic hydroxyl groups excluding tert-OH is 1. The van der Waals surface area contributed by atoms with Crippen molar-refractivity contribution < 1.29 is 9.90 Å². The average Bonchev–Trinajstić information content (AvgIpc) is 3.21. The summed E-state index contributed by atoms with van der Waals surface area (Å²) in [7, 11) is 1.91. The van der Waals surface area contributed by atoms with E-state index in [1.165, 1.54) is 5.56 Å². The summed E-state index contributed by atoms with van der Waals surface area (Å²) >= 11 is 0. The van der Waals surface area contributed by atoms with Crippen molar-refractivity contribution >= 4 is 5.91 Å². The Morgan fingerprint density at radius 2 is 2.00 bits per heavy atom. The quantitative estimate of drug-likeness (QED) is 0.895. The molecule has 3 atom stereocenters. The zero-order valence-electron chi connectivity index (χ0n) is 15.3. The van der Waals surface area contributed by atoms with Gasteiger partial charge in [0, 0.05) is 51.9 Å². The van der Waals surface area contributed by atoms with Crippen molar-refractivity contribution in [2.75, 3.05) is 32.7 Å². The molecule has 1 saturated carbocycles. The molecule has 0 bridgehead atoms. The van der Waals surface area contributed by atoms with Crippen molar-refractivity contribution in [2.45, 2.75) is 39.2 Å². The minimum Gasteiger partial charge on any atom is -0.391 e. The molecule has 6 heteroatoms. The molecule has 0 spiro atoms. The molecule has 0 unspecified atom stereocenters. The van der Waals surface area contributed by atoms with E-state index in [9.17, 15) is 9.90 Å². The van der Waals surface area contributed by atoms with Gasteiger partial charge in [-0.3, -0.25) is 14.4 Å². The van der Waals surface area contributed by atoms with Crippen LogP contribution in [-0.2, 0) is 11.8 Å². The Labute approximate surface area is 144 Å². The maximum atomic E-state index is 12.7. The fourth-order valence-electron chi connectivity index (χ4n) is 3.37. The minimum absolute atomic E-state index is 0.0993. The van der Waals surface area contributed by atoms with Crippen LogP contribution in [0.15, 0.2) is 12.4 Å². The zero-order chi connectivity index (χ0) is 17.5. The van der Waals surface area contributed by atoms with Crippen LogP contribution in [0.4, 0.5) is 0 Å². The average molecular weight is 334 g/mol. The van der Waals surface area contributed by atoms with E-state index in [1.54, 1.807) is 4.68 Å². The molecular formula is C18H30N4O2. The van der Waals surface area contributed by atoms with E-state index in [0.29, 0.717) is 18.4 Å². The molecule has 0 radical (unpaired) electrons. The summed E-state index contributed by atoms with van der Waals surface area (Å²) in [5, 5.41) is 14.4. The number of piperazine rings is 1. The fourth-order valence-corrected chi connectivity index (χ4v) is 3.37. The van der Waals surface area contributed by atoms with Gasteiger partial charge in [0.15, 0.2) is 0 Å². The second-order valence-electron chi connectivity index (χ2n) is 8.40. The van der Waals surface area contributed by atoms with Gasteiger partial charge in [-0.15, -0.1) is 0 Å². The van der Waals surface area contributed by atoms with Crippen LogP contribution in [0, 0.1) is 11.3 Å². The van der Waals surface area contributed by atoms with Crippen LogP contribution < -0.4 is 0 Å². The van der Waals surface area contributed by atoms with Gasteiger partial charge in [0.25, 0.3) is 0 Å². The minimum atomic E-state index is -0.335. The lowest BCUT2D eigenvalue weighted by Crippen LogP contribution is -2.52. The Balaban J connectivity index is 1.46. The Kier molecular flexibility index (Phi) is 4.71. The van der Waals surface area contributed by atoms with Crippen molar-refractivity contribution in [3.05, 3.63) is 18.0 Å². The maximum absolute atomic E-state index is 12.7. The lowest BCUT2D eigenvalue weighted by molar-refractivity contribution is -0.134. The van der Waals surface area contributed by atoms with Gasteiger partial charge >= 0.3 is 0 Å². The summed E-state index contributed by atoms with van der Waals surface area (Å²) in [6.07, 6.45) is 4.51. The van der Waals surface area contributed by atoms with E-state index in [-0.39, 0.29) is 17.4 Å². The summed E-state index contributed by atoms with van der Waals surface area (Å²) in [4.78, 5) is 16.9. The third-order valence-electron chi connectivity index (χ3n) is 5.38. The smallest absolute Gasteiger partial charge is 0.226 e. The van der Waals surface area contributed by atoms with E-state index in [4.69, 9.17) is 0 Å². The number of carbonyl (C=O) groups is 1. The predicted octanol–water partition coefficient (Wildman–Crippen LogP) is 1.07. The number of aryl methyl sites for hydroxylation is 1. The molecule has 134 valence electrons. The lowest BCUT2D eigenvalue weighted by atomic mass is 9.89. The Morgan fingerprint density at radius 1 is 1.33 bits per heavy atom. The first-order valence-corrected chi connectivity index (χ1v) is 8.93. The Hall–Kier alpha value is -1.40. The first kappa shape index (κ1) is 17.4. The number of amides is 1. The highest BCUT2D eigenvalue weighted by molar-refractivity contribution is 5.83. The second-order valence-corrected chi connectivity index (χ2v) is 8.40. The number of hydrogen-bond donors (Lipinski definition) is 1. The monoisotopic (exact) mass is 334 g/mol. The van der Waals surface area contributed by atoms with Gasteiger partial charge in [-0.25, -0.2) is 0 Å². The predicted molar refractivity (Wildman–Crippen MR) is 92.5 cm³/mol. The summed E-state index contributed by atoms with van der Waals surface area (Å²) in [5.41, 5.74) is 1.08. The molecule has 1 aromatic heterocycles. The first-order chi connectivity index (χ1) is 11.3. The molecule has 24 heavy (non-hydrogen) atoms. The molecule has 1 aromatic rings. The molecule has 1 amide bonds. The van der Waals surface area contributed by atoms with E-state index >= 15 is 0 Å². The van der Waals surface area contributed by atoms with Gasteiger partial charge < -0.3 is 10.0 Å². The maximum Gasteiger partial charge on any atom is 0.226 e. The van der Waals surface area contributed by atoms with Crippen molar-refractivity contribution in [1.82, 2.24) is 19.6 Å². The van der Waals surface area contributed by atoms with Crippen molar-refractivity contribution in [2.24, 2.45) is 18.4 Å². The standard InChI is InChI=1S/C18H30N4O2/c1-18(2,3)16(23)12-21-5-7-22(8-6-21)17(24)15-9-14(15)13-10-19-20(4)11-13/h10-11,14-16,23H,5-9,12H2,1-4H3/t14-,15-,16+/m0/s1. The van der Waals surface area contributed by atoms with Crippen molar-refractivity contribution in [3.63, 3.8) is 0 Å². The molecule has 1 N–H and O–H groups in total. The molecule has 2 aliphatic rings. The van der Waals surface area contributed by atoms with Crippen molar-refractivity contribution in [1.29, 1.82) is 0 Å². The van der Waals surface area contributed by atoms with Gasteiger partial charge in [-0.1, -0.05) is 20.8 Å². The van der Waals surface area contributed by atoms with Gasteiger partial charge in [0.05, 0.1) is 12.3 Å². The van der Waals surface area contributed by atoms with Gasteiger partial charge in [0.1, 0.15) is 0 Å². The Morgan fingerprint density at radius 3 is 2.54 bits per heavy atom. The molecule has 2 heterocycles. The molecule has 1 aliphatic heterocycles. The summed E-state index contributed by atoms with van der Waals surface area (Å²) in [6, 6.07) is 0. The largest absolute Gasteiger partial charge is 0.391 e. The highest BCUT2D eigenvalue weighted by Gasteiger charge is 2.46. The van der Waals surface area contributed by atoms with Crippen LogP contribution in [0.2, 0.25) is 0 Å². The number of rotatable bonds is 4. The summed E-state index contributed by atoms with van der Waals surface area (Å²) in [6.45, 7) is 10.1. The molecular weight excluding hydrogens is 304 g/mol. The number of carbonyl (C=O) groups excluding carboxylic acids is 1. The zero-order valence-corrected chi connectivity index (χ0v) is 15.3. The van der Waals surface area contributed by atoms with Crippen LogP contribution in [0.25, 0.3) is 0 Å². The van der Waals surface area contributed by atoms with Crippen molar-refractivity contribution in [3.8, 4) is 0 Å². The normalized spacial score (nSPS) is 26.5. The third-order valence-corrected chi connectivity index (χ3v) is 5.38. The molecule has 6 nitrogen and oxygen atoms in total. The van der Waals surface area contributed by atoms with E-state index < -0.39 is 0 Å². The molecule has 2 fully saturated rings. The summed E-state index contributed by atoms with van der Waals surface area (Å²) < 4.78 is 1.80. The number of hydrogen-bond acceptors (Lipinski definition) is 4. The molecule has 3 rings (SSSR count). The van der Waals surface area contributed by atoms with Gasteiger partial charge in [-0.2, -0.15) is 5.10 Å². The van der Waals surface area contributed by atoms with Crippen LogP contribution in [0.3, 0.4) is 0 Å². The molecule has 0 aromatic carbocycles. The van der Waals surface area contributed by atoms with E-state index in [2.05, 4.69) is 30.8 Å². The van der Waals surface area contributed by atoms with Crippen LogP contribution in [-0.4, -0.2) is 69.4 Å². The van der Waals surface area contributed by atoms with E-state index in [0.717, 1.165) is 32.6 Å². The fraction of sp³-hybridized carbons (Fsp3) is 0.778. The van der Waals surface area contributed by atoms with Gasteiger partial charge in [0.2, 0.25) is 5.91 Å². The lowest BCUT2D eigenvalue weighted by Gasteiger charge is -2.38. The Bertz CT molecular complexity index is 584. The second kappa shape index (κ2) is 6.48. The highest BCUT2D eigenvalue weighted by Crippen LogP contribution is 2.48. The topological polar surface area (TPSA) is 61.6 Å². The molecule has 1 saturated heterocycles. The highest BCUT2D eigenvalue weighted by atomic mass is 16.3. The number of β-amino-alcohol motifs (C(OH)–C–C–N with tert-alkyl or cyclic N) is 1. The molecule has 1 aliphatic carbocycles. The number of aromatic nitrogens is 2. The number of nitrogens with zero attached hydrogens (tertiary/aromatic N) is 4. The summed E-state index contributed by atoms with van der Waals surface area (Å²) in [5.74, 6) is 0.785. The number of aliphatic hydroxyl groups is 1. The van der Waals surface area contributed by atoms with Crippen LogP contribution >= 0.6 is 0 Å². The van der Waals surface area contributed by atoms with Crippen LogP contribution in [0.5, 0.6) is 0 Å². The SMILES string of the molecule is Cn1cc([C@@H]2C[C@@H]2C(=O)N2CCN(C[C@@H](O)C(C)(C)C)CC2)cn1. The third kappa shape index (κ3) is 3.81.